The van der Waals surface area contributed by atoms with Gasteiger partial charge in [0.1, 0.15) is 12.9 Å². The van der Waals surface area contributed by atoms with Crippen LogP contribution < -0.4 is 5.32 Å². The van der Waals surface area contributed by atoms with E-state index in [4.69, 9.17) is 18.6 Å². The SMILES string of the molecule is COCCCNC(=O)c1coc(CN(CCCOC)C(=O)COC)n1. The van der Waals surface area contributed by atoms with Crippen LogP contribution in [-0.2, 0) is 25.5 Å². The zero-order valence-electron chi connectivity index (χ0n) is 15.1. The summed E-state index contributed by atoms with van der Waals surface area (Å²) in [5.74, 6) is -0.202. The van der Waals surface area contributed by atoms with E-state index in [9.17, 15) is 9.59 Å². The number of hydrogen-bond donors (Lipinski definition) is 1. The number of oxazole rings is 1. The lowest BCUT2D eigenvalue weighted by atomic mass is 10.3. The highest BCUT2D eigenvalue weighted by Gasteiger charge is 2.18. The first-order valence-corrected chi connectivity index (χ1v) is 8.09. The van der Waals surface area contributed by atoms with E-state index in [0.717, 1.165) is 0 Å². The molecule has 0 aromatic carbocycles. The molecule has 9 nitrogen and oxygen atoms in total. The third-order valence-electron chi connectivity index (χ3n) is 3.32. The predicted molar refractivity (Wildman–Crippen MR) is 89.1 cm³/mol. The molecule has 1 aromatic rings. The lowest BCUT2D eigenvalue weighted by molar-refractivity contribution is -0.136. The molecule has 0 aliphatic heterocycles. The summed E-state index contributed by atoms with van der Waals surface area (Å²) in [6, 6.07) is 0. The molecule has 0 saturated heterocycles. The van der Waals surface area contributed by atoms with E-state index >= 15 is 0 Å². The lowest BCUT2D eigenvalue weighted by Crippen LogP contribution is -2.34. The Morgan fingerprint density at radius 3 is 2.56 bits per heavy atom. The van der Waals surface area contributed by atoms with Crippen LogP contribution in [0.25, 0.3) is 0 Å². The van der Waals surface area contributed by atoms with Crippen molar-refractivity contribution in [1.29, 1.82) is 0 Å². The van der Waals surface area contributed by atoms with Crippen molar-refractivity contribution >= 4 is 11.8 Å². The smallest absolute Gasteiger partial charge is 0.273 e. The molecular formula is C16H27N3O6. The molecule has 0 aliphatic rings. The van der Waals surface area contributed by atoms with Gasteiger partial charge < -0.3 is 28.8 Å². The largest absolute Gasteiger partial charge is 0.446 e. The molecular weight excluding hydrogens is 330 g/mol. The lowest BCUT2D eigenvalue weighted by Gasteiger charge is -2.20. The molecule has 1 N–H and O–H groups in total. The number of ether oxygens (including phenoxy) is 3. The molecule has 2 amide bonds. The third-order valence-corrected chi connectivity index (χ3v) is 3.32. The minimum atomic E-state index is -0.319. The van der Waals surface area contributed by atoms with E-state index in [1.807, 2.05) is 0 Å². The summed E-state index contributed by atoms with van der Waals surface area (Å²) in [6.45, 7) is 2.23. The molecule has 0 atom stereocenters. The standard InChI is InChI=1S/C16H27N3O6/c1-22-8-4-6-17-16(21)13-11-25-14(18-13)10-19(7-5-9-23-2)15(20)12-24-3/h11H,4-10,12H2,1-3H3,(H,17,21). The molecule has 9 heteroatoms. The van der Waals surface area contributed by atoms with Crippen LogP contribution in [0.2, 0.25) is 0 Å². The zero-order valence-corrected chi connectivity index (χ0v) is 15.1. The van der Waals surface area contributed by atoms with Crippen LogP contribution in [0.4, 0.5) is 0 Å². The zero-order chi connectivity index (χ0) is 18.5. The van der Waals surface area contributed by atoms with Gasteiger partial charge >= 0.3 is 0 Å². The van der Waals surface area contributed by atoms with Gasteiger partial charge in [0.25, 0.3) is 5.91 Å². The monoisotopic (exact) mass is 357 g/mol. The van der Waals surface area contributed by atoms with Crippen molar-refractivity contribution in [2.75, 3.05) is 54.2 Å². The number of carbonyl (C=O) groups excluding carboxylic acids is 2. The fourth-order valence-corrected chi connectivity index (χ4v) is 2.07. The number of methoxy groups -OCH3 is 3. The topological polar surface area (TPSA) is 103 Å². The Kier molecular flexibility index (Phi) is 10.5. The second-order valence-electron chi connectivity index (χ2n) is 5.32. The van der Waals surface area contributed by atoms with Crippen LogP contribution in [0.1, 0.15) is 29.2 Å². The highest BCUT2D eigenvalue weighted by atomic mass is 16.5. The number of nitrogens with one attached hydrogen (secondary N) is 1. The first kappa shape index (κ1) is 21.1. The Bertz CT molecular complexity index is 520. The van der Waals surface area contributed by atoms with E-state index in [1.165, 1.54) is 13.4 Å². The number of amides is 2. The van der Waals surface area contributed by atoms with Crippen molar-refractivity contribution in [1.82, 2.24) is 15.2 Å². The van der Waals surface area contributed by atoms with Crippen molar-refractivity contribution in [2.45, 2.75) is 19.4 Å². The van der Waals surface area contributed by atoms with Crippen LogP contribution in [0.3, 0.4) is 0 Å². The predicted octanol–water partition coefficient (Wildman–Crippen LogP) is 0.452. The molecule has 1 aromatic heterocycles. The van der Waals surface area contributed by atoms with Crippen molar-refractivity contribution in [3.63, 3.8) is 0 Å². The normalized spacial score (nSPS) is 10.7. The molecule has 142 valence electrons. The molecule has 1 rings (SSSR count). The average Bonchev–Trinajstić information content (AvgIpc) is 3.07. The van der Waals surface area contributed by atoms with Gasteiger partial charge in [-0.05, 0) is 12.8 Å². The number of nitrogens with zero attached hydrogens (tertiary/aromatic N) is 2. The highest BCUT2D eigenvalue weighted by Crippen LogP contribution is 2.07. The maximum Gasteiger partial charge on any atom is 0.273 e. The van der Waals surface area contributed by atoms with Gasteiger partial charge in [-0.1, -0.05) is 0 Å². The Morgan fingerprint density at radius 1 is 1.16 bits per heavy atom. The first-order valence-electron chi connectivity index (χ1n) is 8.09. The molecule has 25 heavy (non-hydrogen) atoms. The molecule has 0 radical (unpaired) electrons. The van der Waals surface area contributed by atoms with E-state index in [2.05, 4.69) is 10.3 Å². The van der Waals surface area contributed by atoms with Crippen molar-refractivity contribution in [2.24, 2.45) is 0 Å². The van der Waals surface area contributed by atoms with Gasteiger partial charge in [0, 0.05) is 47.6 Å². The number of aromatic nitrogens is 1. The van der Waals surface area contributed by atoms with Gasteiger partial charge in [-0.2, -0.15) is 0 Å². The summed E-state index contributed by atoms with van der Waals surface area (Å²) in [6.07, 6.45) is 2.68. The van der Waals surface area contributed by atoms with Crippen molar-refractivity contribution in [3.8, 4) is 0 Å². The fraction of sp³-hybridized carbons (Fsp3) is 0.688. The maximum absolute atomic E-state index is 12.1. The fourth-order valence-electron chi connectivity index (χ4n) is 2.07. The van der Waals surface area contributed by atoms with E-state index in [0.29, 0.717) is 45.0 Å². The minimum absolute atomic E-state index is 0.0272. The Balaban J connectivity index is 2.58. The summed E-state index contributed by atoms with van der Waals surface area (Å²) >= 11 is 0. The summed E-state index contributed by atoms with van der Waals surface area (Å²) < 4.78 is 20.1. The van der Waals surface area contributed by atoms with E-state index in [1.54, 1.807) is 19.1 Å². The minimum Gasteiger partial charge on any atom is -0.446 e. The molecule has 0 unspecified atom stereocenters. The van der Waals surface area contributed by atoms with Crippen LogP contribution >= 0.6 is 0 Å². The number of hydrogen-bond acceptors (Lipinski definition) is 7. The Hall–Kier alpha value is -1.97. The van der Waals surface area contributed by atoms with Gasteiger partial charge in [0.15, 0.2) is 5.69 Å². The van der Waals surface area contributed by atoms with Gasteiger partial charge in [-0.25, -0.2) is 4.98 Å². The van der Waals surface area contributed by atoms with Gasteiger partial charge in [-0.15, -0.1) is 0 Å². The van der Waals surface area contributed by atoms with Crippen molar-refractivity contribution < 1.29 is 28.2 Å². The summed E-state index contributed by atoms with van der Waals surface area (Å²) in [5, 5.41) is 2.73. The number of carbonyl (C=O) groups is 2. The molecule has 0 aliphatic carbocycles. The quantitative estimate of drug-likeness (QED) is 0.511. The summed E-state index contributed by atoms with van der Waals surface area (Å²) in [7, 11) is 4.67. The van der Waals surface area contributed by atoms with Crippen LogP contribution in [0.15, 0.2) is 10.7 Å². The second kappa shape index (κ2) is 12.4. The van der Waals surface area contributed by atoms with E-state index in [-0.39, 0.29) is 30.7 Å². The number of rotatable bonds is 13. The maximum atomic E-state index is 12.1. The highest BCUT2D eigenvalue weighted by molar-refractivity contribution is 5.91. The van der Waals surface area contributed by atoms with Crippen LogP contribution in [0, 0.1) is 0 Å². The van der Waals surface area contributed by atoms with Crippen LogP contribution in [0.5, 0.6) is 0 Å². The van der Waals surface area contributed by atoms with Gasteiger partial charge in [0.05, 0.1) is 6.54 Å². The second-order valence-corrected chi connectivity index (χ2v) is 5.32. The molecule has 0 saturated carbocycles. The molecule has 0 fully saturated rings. The third kappa shape index (κ3) is 8.10. The summed E-state index contributed by atoms with van der Waals surface area (Å²) in [5.41, 5.74) is 0.184. The Morgan fingerprint density at radius 2 is 1.88 bits per heavy atom. The Labute approximate surface area is 147 Å². The molecule has 1 heterocycles. The van der Waals surface area contributed by atoms with E-state index < -0.39 is 0 Å². The van der Waals surface area contributed by atoms with Crippen molar-refractivity contribution in [3.05, 3.63) is 17.8 Å². The first-order chi connectivity index (χ1) is 12.1. The van der Waals surface area contributed by atoms with Gasteiger partial charge in [0.2, 0.25) is 11.8 Å². The van der Waals surface area contributed by atoms with Gasteiger partial charge in [-0.3, -0.25) is 9.59 Å². The average molecular weight is 357 g/mol. The molecule has 0 bridgehead atoms. The molecule has 0 spiro atoms. The van der Waals surface area contributed by atoms with Crippen LogP contribution in [-0.4, -0.2) is 75.9 Å². The summed E-state index contributed by atoms with van der Waals surface area (Å²) in [4.78, 5) is 29.8.